The molecule has 0 aromatic heterocycles. The molecule has 4 nitrogen and oxygen atoms in total. The topological polar surface area (TPSA) is 44.4 Å². The van der Waals surface area contributed by atoms with Gasteiger partial charge in [0.25, 0.3) is 0 Å². The molecule has 4 heteroatoms. The van der Waals surface area contributed by atoms with Crippen LogP contribution in [0, 0.1) is 5.92 Å². The van der Waals surface area contributed by atoms with Crippen LogP contribution in [0.1, 0.15) is 25.7 Å². The molecule has 0 aromatic rings. The lowest BCUT2D eigenvalue weighted by atomic mass is 10.3. The zero-order valence-corrected chi connectivity index (χ0v) is 10.0. The summed E-state index contributed by atoms with van der Waals surface area (Å²) in [5.74, 6) is 1.10. The van der Waals surface area contributed by atoms with Crippen LogP contribution in [0.5, 0.6) is 0 Å². The van der Waals surface area contributed by atoms with E-state index in [9.17, 15) is 4.79 Å². The smallest absolute Gasteiger partial charge is 0.234 e. The van der Waals surface area contributed by atoms with Crippen LogP contribution in [0.2, 0.25) is 0 Å². The molecular weight excluding hydrogens is 202 g/mol. The van der Waals surface area contributed by atoms with Gasteiger partial charge in [-0.3, -0.25) is 9.69 Å². The molecule has 1 amide bonds. The van der Waals surface area contributed by atoms with Gasteiger partial charge in [0.15, 0.2) is 0 Å². The minimum atomic E-state index is 0.197. The molecule has 1 saturated heterocycles. The Morgan fingerprint density at radius 2 is 2.19 bits per heavy atom. The molecule has 0 radical (unpaired) electrons. The van der Waals surface area contributed by atoms with E-state index in [1.54, 1.807) is 0 Å². The van der Waals surface area contributed by atoms with Gasteiger partial charge in [-0.25, -0.2) is 0 Å². The highest BCUT2D eigenvalue weighted by Gasteiger charge is 2.20. The number of rotatable bonds is 5. The van der Waals surface area contributed by atoms with Gasteiger partial charge in [-0.1, -0.05) is 12.8 Å². The van der Waals surface area contributed by atoms with Crippen LogP contribution in [0.4, 0.5) is 0 Å². The summed E-state index contributed by atoms with van der Waals surface area (Å²) in [7, 11) is 0. The maximum absolute atomic E-state index is 11.7. The first-order valence-electron chi connectivity index (χ1n) is 6.54. The van der Waals surface area contributed by atoms with Gasteiger partial charge in [0, 0.05) is 19.6 Å². The maximum atomic E-state index is 11.7. The van der Waals surface area contributed by atoms with E-state index in [2.05, 4.69) is 15.5 Å². The third kappa shape index (κ3) is 4.49. The van der Waals surface area contributed by atoms with E-state index in [0.29, 0.717) is 6.54 Å². The van der Waals surface area contributed by atoms with E-state index in [-0.39, 0.29) is 5.91 Å². The van der Waals surface area contributed by atoms with Gasteiger partial charge in [0.1, 0.15) is 0 Å². The number of nitrogens with one attached hydrogen (secondary N) is 2. The van der Waals surface area contributed by atoms with Crippen LogP contribution in [0.3, 0.4) is 0 Å². The lowest BCUT2D eigenvalue weighted by molar-refractivity contribution is -0.122. The molecule has 2 aliphatic rings. The number of amides is 1. The molecule has 1 aliphatic heterocycles. The Balaban J connectivity index is 1.56. The number of hydrogen-bond acceptors (Lipinski definition) is 3. The quantitative estimate of drug-likeness (QED) is 0.702. The third-order valence-corrected chi connectivity index (χ3v) is 3.37. The first-order valence-corrected chi connectivity index (χ1v) is 6.54. The van der Waals surface area contributed by atoms with Crippen molar-refractivity contribution < 1.29 is 4.79 Å². The fourth-order valence-corrected chi connectivity index (χ4v) is 2.14. The highest BCUT2D eigenvalue weighted by Crippen LogP contribution is 2.31. The summed E-state index contributed by atoms with van der Waals surface area (Å²) in [6.07, 6.45) is 5.06. The van der Waals surface area contributed by atoms with Crippen LogP contribution >= 0.6 is 0 Å². The molecule has 2 rings (SSSR count). The molecule has 1 saturated carbocycles. The van der Waals surface area contributed by atoms with E-state index >= 15 is 0 Å². The van der Waals surface area contributed by atoms with Crippen molar-refractivity contribution in [3.8, 4) is 0 Å². The molecule has 1 aliphatic carbocycles. The monoisotopic (exact) mass is 225 g/mol. The molecule has 0 aromatic carbocycles. The summed E-state index contributed by atoms with van der Waals surface area (Å²) < 4.78 is 0. The first-order chi connectivity index (χ1) is 7.84. The number of carbonyl (C=O) groups is 1. The molecule has 16 heavy (non-hydrogen) atoms. The van der Waals surface area contributed by atoms with E-state index < -0.39 is 0 Å². The highest BCUT2D eigenvalue weighted by atomic mass is 16.2. The summed E-state index contributed by atoms with van der Waals surface area (Å²) in [6, 6.07) is 0. The highest BCUT2D eigenvalue weighted by molar-refractivity contribution is 5.77. The van der Waals surface area contributed by atoms with Crippen molar-refractivity contribution in [2.45, 2.75) is 25.7 Å². The van der Waals surface area contributed by atoms with Crippen molar-refractivity contribution in [3.63, 3.8) is 0 Å². The van der Waals surface area contributed by atoms with Crippen LogP contribution in [-0.2, 0) is 4.79 Å². The normalized spacial score (nSPS) is 22.8. The fourth-order valence-electron chi connectivity index (χ4n) is 2.14. The summed E-state index contributed by atoms with van der Waals surface area (Å²) in [4.78, 5) is 13.9. The Labute approximate surface area is 97.8 Å². The van der Waals surface area contributed by atoms with E-state index in [4.69, 9.17) is 0 Å². The molecule has 0 atom stereocenters. The first kappa shape index (κ1) is 11.9. The van der Waals surface area contributed by atoms with Gasteiger partial charge in [-0.2, -0.15) is 0 Å². The lowest BCUT2D eigenvalue weighted by Gasteiger charge is -2.18. The second kappa shape index (κ2) is 6.21. The second-order valence-electron chi connectivity index (χ2n) is 4.96. The Hall–Kier alpha value is -0.610. The van der Waals surface area contributed by atoms with Gasteiger partial charge in [-0.15, -0.1) is 0 Å². The number of nitrogens with zero attached hydrogens (tertiary/aromatic N) is 1. The average Bonchev–Trinajstić information content (AvgIpc) is 3.05. The predicted molar refractivity (Wildman–Crippen MR) is 64.3 cm³/mol. The van der Waals surface area contributed by atoms with Gasteiger partial charge >= 0.3 is 0 Å². The second-order valence-corrected chi connectivity index (χ2v) is 4.96. The number of hydrogen-bond donors (Lipinski definition) is 2. The van der Waals surface area contributed by atoms with Crippen LogP contribution in [-0.4, -0.2) is 50.1 Å². The molecule has 2 N–H and O–H groups in total. The summed E-state index contributed by atoms with van der Waals surface area (Å²) in [6.45, 7) is 5.58. The summed E-state index contributed by atoms with van der Waals surface area (Å²) in [5, 5.41) is 6.36. The molecule has 0 spiro atoms. The third-order valence-electron chi connectivity index (χ3n) is 3.37. The Bertz CT molecular complexity index is 220. The Morgan fingerprint density at radius 1 is 1.31 bits per heavy atom. The van der Waals surface area contributed by atoms with Gasteiger partial charge in [-0.05, 0) is 31.8 Å². The summed E-state index contributed by atoms with van der Waals surface area (Å²) >= 11 is 0. The van der Waals surface area contributed by atoms with Crippen molar-refractivity contribution in [2.75, 3.05) is 39.3 Å². The van der Waals surface area contributed by atoms with Crippen LogP contribution in [0.15, 0.2) is 0 Å². The zero-order valence-electron chi connectivity index (χ0n) is 10.0. The fraction of sp³-hybridized carbons (Fsp3) is 0.917. The predicted octanol–water partition coefficient (Wildman–Crippen LogP) is 0.198. The van der Waals surface area contributed by atoms with Crippen molar-refractivity contribution in [3.05, 3.63) is 0 Å². The van der Waals surface area contributed by atoms with Gasteiger partial charge in [0.2, 0.25) is 5.91 Å². The minimum Gasteiger partial charge on any atom is -0.355 e. The molecule has 0 bridgehead atoms. The van der Waals surface area contributed by atoms with Crippen LogP contribution in [0.25, 0.3) is 0 Å². The number of carbonyl (C=O) groups excluding carboxylic acids is 1. The van der Waals surface area contributed by atoms with Crippen molar-refractivity contribution in [1.29, 1.82) is 0 Å². The standard InChI is InChI=1S/C12H23N3O/c16-12(14-6-4-11-2-3-11)10-15-8-1-5-13-7-9-15/h11,13H,1-10H2,(H,14,16). The Kier molecular flexibility index (Phi) is 4.60. The SMILES string of the molecule is O=C(CN1CCCNCC1)NCCC1CC1. The van der Waals surface area contributed by atoms with E-state index in [1.165, 1.54) is 19.3 Å². The largest absolute Gasteiger partial charge is 0.355 e. The molecule has 0 unspecified atom stereocenters. The van der Waals surface area contributed by atoms with E-state index in [0.717, 1.165) is 45.1 Å². The maximum Gasteiger partial charge on any atom is 0.234 e. The minimum absolute atomic E-state index is 0.197. The molecule has 2 fully saturated rings. The van der Waals surface area contributed by atoms with Gasteiger partial charge < -0.3 is 10.6 Å². The van der Waals surface area contributed by atoms with Crippen molar-refractivity contribution in [1.82, 2.24) is 15.5 Å². The van der Waals surface area contributed by atoms with Crippen LogP contribution < -0.4 is 10.6 Å². The molecular formula is C12H23N3O. The Morgan fingerprint density at radius 3 is 3.00 bits per heavy atom. The average molecular weight is 225 g/mol. The molecule has 1 heterocycles. The zero-order chi connectivity index (χ0) is 11.2. The van der Waals surface area contributed by atoms with E-state index in [1.807, 2.05) is 0 Å². The molecule has 92 valence electrons. The lowest BCUT2D eigenvalue weighted by Crippen LogP contribution is -2.39. The van der Waals surface area contributed by atoms with Crippen molar-refractivity contribution >= 4 is 5.91 Å². The van der Waals surface area contributed by atoms with Gasteiger partial charge in [0.05, 0.1) is 6.54 Å². The van der Waals surface area contributed by atoms with Crippen molar-refractivity contribution in [2.24, 2.45) is 5.92 Å². The summed E-state index contributed by atoms with van der Waals surface area (Å²) in [5.41, 5.74) is 0.